The highest BCUT2D eigenvalue weighted by Crippen LogP contribution is 2.36. The number of hydrogen-bond acceptors (Lipinski definition) is 7. The van der Waals surface area contributed by atoms with Crippen LogP contribution in [0.5, 0.6) is 0 Å². The fraction of sp³-hybridized carbons (Fsp3) is 0.250. The summed E-state index contributed by atoms with van der Waals surface area (Å²) in [6, 6.07) is 14.9. The van der Waals surface area contributed by atoms with Crippen LogP contribution in [-0.4, -0.2) is 56.4 Å². The summed E-state index contributed by atoms with van der Waals surface area (Å²) >= 11 is 12.7. The SMILES string of the molecule is COC(=O)C1(O)CCN(c2ncnc3c2nc(-c2ccccc2Cl)n3-c2ccc(Cl)cc2)CC1. The molecule has 5 rings (SSSR count). The monoisotopic (exact) mass is 497 g/mol. The minimum Gasteiger partial charge on any atom is -0.467 e. The van der Waals surface area contributed by atoms with Crippen LogP contribution in [0.25, 0.3) is 28.2 Å². The first-order chi connectivity index (χ1) is 16.4. The quantitative estimate of drug-likeness (QED) is 0.420. The molecule has 4 aromatic rings. The molecule has 0 amide bonds. The lowest BCUT2D eigenvalue weighted by Crippen LogP contribution is -2.50. The van der Waals surface area contributed by atoms with Gasteiger partial charge < -0.3 is 14.7 Å². The molecular formula is C24H21Cl2N5O3. The molecule has 10 heteroatoms. The number of carbonyl (C=O) groups is 1. The van der Waals surface area contributed by atoms with Crippen molar-refractivity contribution in [1.82, 2.24) is 19.5 Å². The van der Waals surface area contributed by atoms with Crippen molar-refractivity contribution in [3.05, 3.63) is 64.9 Å². The van der Waals surface area contributed by atoms with Gasteiger partial charge in [-0.1, -0.05) is 35.3 Å². The number of ether oxygens (including phenoxy) is 1. The molecule has 2 aromatic carbocycles. The largest absolute Gasteiger partial charge is 0.467 e. The van der Waals surface area contributed by atoms with E-state index in [0.717, 1.165) is 11.3 Å². The fourth-order valence-corrected chi connectivity index (χ4v) is 4.60. The zero-order chi connectivity index (χ0) is 23.9. The number of halogens is 2. The minimum absolute atomic E-state index is 0.223. The molecule has 174 valence electrons. The number of esters is 1. The maximum absolute atomic E-state index is 12.0. The Morgan fingerprint density at radius 2 is 1.76 bits per heavy atom. The standard InChI is InChI=1S/C24H21Cl2N5O3/c1-34-23(32)24(33)10-12-30(13-11-24)21-19-22(28-14-27-21)31(16-8-6-15(25)7-9-16)20(29-19)17-4-2-3-5-18(17)26/h2-9,14,33H,10-13H2,1H3. The number of imidazole rings is 1. The topological polar surface area (TPSA) is 93.4 Å². The maximum Gasteiger partial charge on any atom is 0.337 e. The third-order valence-electron chi connectivity index (χ3n) is 6.08. The number of nitrogens with zero attached hydrogens (tertiary/aromatic N) is 5. The second kappa shape index (κ2) is 8.87. The molecule has 8 nitrogen and oxygen atoms in total. The molecule has 0 saturated carbocycles. The second-order valence-corrected chi connectivity index (χ2v) is 8.95. The Hall–Kier alpha value is -3.20. The second-order valence-electron chi connectivity index (χ2n) is 8.11. The summed E-state index contributed by atoms with van der Waals surface area (Å²) in [6.07, 6.45) is 1.93. The Morgan fingerprint density at radius 3 is 2.44 bits per heavy atom. The van der Waals surface area contributed by atoms with Gasteiger partial charge in [0.2, 0.25) is 0 Å². The summed E-state index contributed by atoms with van der Waals surface area (Å²) in [4.78, 5) is 28.0. The number of rotatable bonds is 4. The molecule has 0 unspecified atom stereocenters. The predicted molar refractivity (Wildman–Crippen MR) is 131 cm³/mol. The highest BCUT2D eigenvalue weighted by atomic mass is 35.5. The van der Waals surface area contributed by atoms with Crippen molar-refractivity contribution in [2.24, 2.45) is 0 Å². The number of methoxy groups -OCH3 is 1. The smallest absolute Gasteiger partial charge is 0.337 e. The number of aromatic nitrogens is 4. The molecular weight excluding hydrogens is 477 g/mol. The maximum atomic E-state index is 12.0. The first kappa shape index (κ1) is 22.6. The zero-order valence-electron chi connectivity index (χ0n) is 18.3. The Morgan fingerprint density at radius 1 is 1.06 bits per heavy atom. The van der Waals surface area contributed by atoms with E-state index in [1.54, 1.807) is 12.1 Å². The molecule has 0 atom stereocenters. The van der Waals surface area contributed by atoms with Crippen molar-refractivity contribution in [1.29, 1.82) is 0 Å². The Kier molecular flexibility index (Phi) is 5.89. The predicted octanol–water partition coefficient (Wildman–Crippen LogP) is 4.29. The van der Waals surface area contributed by atoms with Crippen LogP contribution in [0.3, 0.4) is 0 Å². The first-order valence-corrected chi connectivity index (χ1v) is 11.5. The molecule has 1 fully saturated rings. The van der Waals surface area contributed by atoms with Crippen molar-refractivity contribution in [2.75, 3.05) is 25.1 Å². The third kappa shape index (κ3) is 3.87. The van der Waals surface area contributed by atoms with E-state index in [4.69, 9.17) is 32.9 Å². The van der Waals surface area contributed by atoms with Gasteiger partial charge in [-0.05, 0) is 36.4 Å². The summed E-state index contributed by atoms with van der Waals surface area (Å²) in [6.45, 7) is 0.819. The molecule has 1 aliphatic heterocycles. The van der Waals surface area contributed by atoms with E-state index in [-0.39, 0.29) is 12.8 Å². The molecule has 1 N–H and O–H groups in total. The van der Waals surface area contributed by atoms with E-state index in [1.807, 2.05) is 45.9 Å². The minimum atomic E-state index is -1.50. The van der Waals surface area contributed by atoms with Gasteiger partial charge in [0.15, 0.2) is 22.6 Å². The number of piperidine rings is 1. The number of fused-ring (bicyclic) bond motifs is 1. The van der Waals surface area contributed by atoms with Gasteiger partial charge in [0.1, 0.15) is 12.2 Å². The van der Waals surface area contributed by atoms with Crippen LogP contribution in [0.1, 0.15) is 12.8 Å². The van der Waals surface area contributed by atoms with Crippen LogP contribution in [-0.2, 0) is 9.53 Å². The van der Waals surface area contributed by atoms with Crippen LogP contribution >= 0.6 is 23.2 Å². The highest BCUT2D eigenvalue weighted by molar-refractivity contribution is 6.33. The van der Waals surface area contributed by atoms with E-state index < -0.39 is 11.6 Å². The number of benzene rings is 2. The average molecular weight is 498 g/mol. The van der Waals surface area contributed by atoms with E-state index in [9.17, 15) is 9.90 Å². The molecule has 0 bridgehead atoms. The fourth-order valence-electron chi connectivity index (χ4n) is 4.25. The van der Waals surface area contributed by atoms with Crippen molar-refractivity contribution in [3.8, 4) is 17.1 Å². The van der Waals surface area contributed by atoms with Gasteiger partial charge in [-0.25, -0.2) is 19.7 Å². The van der Waals surface area contributed by atoms with E-state index in [1.165, 1.54) is 13.4 Å². The van der Waals surface area contributed by atoms with E-state index >= 15 is 0 Å². The van der Waals surface area contributed by atoms with Gasteiger partial charge in [0.25, 0.3) is 0 Å². The van der Waals surface area contributed by atoms with Crippen molar-refractivity contribution in [2.45, 2.75) is 18.4 Å². The summed E-state index contributed by atoms with van der Waals surface area (Å²) in [5.41, 5.74) is 1.28. The summed E-state index contributed by atoms with van der Waals surface area (Å²) in [5.74, 6) is 0.624. The Balaban J connectivity index is 1.64. The van der Waals surface area contributed by atoms with Crippen LogP contribution in [0.4, 0.5) is 5.82 Å². The van der Waals surface area contributed by atoms with Crippen molar-refractivity contribution >= 4 is 46.2 Å². The lowest BCUT2D eigenvalue weighted by molar-refractivity contribution is -0.164. The summed E-state index contributed by atoms with van der Waals surface area (Å²) < 4.78 is 6.69. The lowest BCUT2D eigenvalue weighted by atomic mass is 9.91. The van der Waals surface area contributed by atoms with Crippen LogP contribution in [0.2, 0.25) is 10.0 Å². The van der Waals surface area contributed by atoms with Crippen molar-refractivity contribution in [3.63, 3.8) is 0 Å². The Bertz CT molecular complexity index is 1370. The number of aliphatic hydroxyl groups is 1. The lowest BCUT2D eigenvalue weighted by Gasteiger charge is -2.36. The van der Waals surface area contributed by atoms with E-state index in [2.05, 4.69) is 9.97 Å². The molecule has 0 aliphatic carbocycles. The zero-order valence-corrected chi connectivity index (χ0v) is 19.8. The number of hydrogen-bond donors (Lipinski definition) is 1. The van der Waals surface area contributed by atoms with Gasteiger partial charge >= 0.3 is 5.97 Å². The molecule has 1 saturated heterocycles. The first-order valence-electron chi connectivity index (χ1n) is 10.7. The molecule has 0 radical (unpaired) electrons. The normalized spacial score (nSPS) is 15.5. The molecule has 2 aromatic heterocycles. The molecule has 0 spiro atoms. The highest BCUT2D eigenvalue weighted by Gasteiger charge is 2.41. The van der Waals surface area contributed by atoms with Gasteiger partial charge in [-0.15, -0.1) is 0 Å². The Labute approximate surface area is 205 Å². The molecule has 3 heterocycles. The van der Waals surface area contributed by atoms with Crippen LogP contribution in [0, 0.1) is 0 Å². The van der Waals surface area contributed by atoms with Gasteiger partial charge in [-0.3, -0.25) is 4.57 Å². The summed E-state index contributed by atoms with van der Waals surface area (Å²) in [5, 5.41) is 11.8. The van der Waals surface area contributed by atoms with Crippen LogP contribution < -0.4 is 4.90 Å². The number of anilines is 1. The van der Waals surface area contributed by atoms with Gasteiger partial charge in [0.05, 0.1) is 12.1 Å². The van der Waals surface area contributed by atoms with Crippen molar-refractivity contribution < 1.29 is 14.6 Å². The molecule has 1 aliphatic rings. The van der Waals surface area contributed by atoms with Gasteiger partial charge in [0, 0.05) is 42.2 Å². The summed E-state index contributed by atoms with van der Waals surface area (Å²) in [7, 11) is 1.28. The van der Waals surface area contributed by atoms with Crippen LogP contribution in [0.15, 0.2) is 54.9 Å². The number of carbonyl (C=O) groups excluding carboxylic acids is 1. The molecule has 34 heavy (non-hydrogen) atoms. The average Bonchev–Trinajstić information content (AvgIpc) is 3.24. The third-order valence-corrected chi connectivity index (χ3v) is 6.66. The van der Waals surface area contributed by atoms with E-state index in [0.29, 0.717) is 45.9 Å². The van der Waals surface area contributed by atoms with Gasteiger partial charge in [-0.2, -0.15) is 0 Å².